The molecule has 1 aromatic rings. The zero-order chi connectivity index (χ0) is 20.4. The van der Waals surface area contributed by atoms with E-state index in [2.05, 4.69) is 20.9 Å². The van der Waals surface area contributed by atoms with E-state index in [1.807, 2.05) is 31.2 Å². The zero-order valence-corrected chi connectivity index (χ0v) is 19.0. The third-order valence-corrected chi connectivity index (χ3v) is 4.64. The van der Waals surface area contributed by atoms with Crippen LogP contribution >= 0.6 is 24.0 Å². The van der Waals surface area contributed by atoms with Crippen LogP contribution in [-0.4, -0.2) is 31.1 Å². The smallest absolute Gasteiger partial charge is 0.357 e. The van der Waals surface area contributed by atoms with Crippen molar-refractivity contribution in [2.24, 2.45) is 10.9 Å². The highest BCUT2D eigenvalue weighted by molar-refractivity contribution is 14.0. The molecule has 0 saturated heterocycles. The lowest BCUT2D eigenvalue weighted by molar-refractivity contribution is -0.132. The summed E-state index contributed by atoms with van der Waals surface area (Å²) in [5.41, 5.74) is 1.59. The van der Waals surface area contributed by atoms with Gasteiger partial charge >= 0.3 is 6.18 Å². The van der Waals surface area contributed by atoms with E-state index in [0.717, 1.165) is 36.9 Å². The maximum absolute atomic E-state index is 12.4. The van der Waals surface area contributed by atoms with E-state index in [1.54, 1.807) is 0 Å². The minimum atomic E-state index is -4.20. The van der Waals surface area contributed by atoms with Crippen molar-refractivity contribution in [3.8, 4) is 0 Å². The van der Waals surface area contributed by atoms with Crippen LogP contribution in [0, 0.1) is 5.92 Å². The molecule has 1 saturated carbocycles. The summed E-state index contributed by atoms with van der Waals surface area (Å²) >= 11 is 0. The number of carbonyl (C=O) groups is 1. The number of hydrogen-bond donors (Lipinski definition) is 3. The van der Waals surface area contributed by atoms with Gasteiger partial charge in [0, 0.05) is 24.7 Å². The molecule has 0 heterocycles. The summed E-state index contributed by atoms with van der Waals surface area (Å²) < 4.78 is 36.9. The Kier molecular flexibility index (Phi) is 11.4. The van der Waals surface area contributed by atoms with Crippen molar-refractivity contribution in [3.63, 3.8) is 0 Å². The molecule has 1 fully saturated rings. The van der Waals surface area contributed by atoms with Crippen LogP contribution in [0.15, 0.2) is 29.3 Å². The van der Waals surface area contributed by atoms with Crippen LogP contribution in [0.25, 0.3) is 0 Å². The first-order valence-corrected chi connectivity index (χ1v) is 9.86. The van der Waals surface area contributed by atoms with Gasteiger partial charge in [-0.1, -0.05) is 31.4 Å². The van der Waals surface area contributed by atoms with Gasteiger partial charge in [0.25, 0.3) is 0 Å². The number of nitrogens with zero attached hydrogens (tertiary/aromatic N) is 1. The van der Waals surface area contributed by atoms with E-state index >= 15 is 0 Å². The first kappa shape index (κ1) is 25.5. The maximum Gasteiger partial charge on any atom is 0.390 e. The van der Waals surface area contributed by atoms with E-state index in [4.69, 9.17) is 0 Å². The fourth-order valence-corrected chi connectivity index (χ4v) is 3.19. The molecule has 1 aliphatic carbocycles. The first-order valence-electron chi connectivity index (χ1n) is 9.86. The van der Waals surface area contributed by atoms with Gasteiger partial charge in [0.05, 0.1) is 13.0 Å². The van der Waals surface area contributed by atoms with Gasteiger partial charge in [0.15, 0.2) is 5.96 Å². The molecular formula is C20H30F3IN4O. The number of guanidine groups is 1. The summed E-state index contributed by atoms with van der Waals surface area (Å²) in [7, 11) is 0. The van der Waals surface area contributed by atoms with Crippen molar-refractivity contribution in [1.82, 2.24) is 10.6 Å². The second kappa shape index (κ2) is 12.9. The van der Waals surface area contributed by atoms with Crippen LogP contribution in [0.1, 0.15) is 51.0 Å². The molecule has 0 aromatic heterocycles. The molecule has 0 atom stereocenters. The Labute approximate surface area is 187 Å². The Balaban J connectivity index is 0.00000420. The molecule has 1 aliphatic rings. The third-order valence-electron chi connectivity index (χ3n) is 4.64. The van der Waals surface area contributed by atoms with Crippen LogP contribution in [0.5, 0.6) is 0 Å². The van der Waals surface area contributed by atoms with Gasteiger partial charge in [-0.3, -0.25) is 4.79 Å². The molecule has 0 aliphatic heterocycles. The summed E-state index contributed by atoms with van der Waals surface area (Å²) in [4.78, 5) is 16.7. The molecular weight excluding hydrogens is 496 g/mol. The number of aliphatic imine (C=N–C) groups is 1. The topological polar surface area (TPSA) is 65.5 Å². The summed E-state index contributed by atoms with van der Waals surface area (Å²) in [6, 6.07) is 7.40. The number of nitrogens with one attached hydrogen (secondary N) is 3. The summed E-state index contributed by atoms with van der Waals surface area (Å²) in [6.07, 6.45) is 0.150. The van der Waals surface area contributed by atoms with Crippen molar-refractivity contribution in [3.05, 3.63) is 29.8 Å². The van der Waals surface area contributed by atoms with Gasteiger partial charge in [0.2, 0.25) is 5.91 Å². The summed E-state index contributed by atoms with van der Waals surface area (Å²) in [6.45, 7) is 2.47. The number of halogens is 4. The average molecular weight is 526 g/mol. The van der Waals surface area contributed by atoms with Crippen LogP contribution in [0.3, 0.4) is 0 Å². The van der Waals surface area contributed by atoms with Crippen LogP contribution < -0.4 is 16.0 Å². The van der Waals surface area contributed by atoms with Gasteiger partial charge in [-0.05, 0) is 37.5 Å². The Morgan fingerprint density at radius 2 is 1.90 bits per heavy atom. The van der Waals surface area contributed by atoms with Crippen molar-refractivity contribution in [2.45, 2.75) is 58.2 Å². The molecule has 1 aromatic carbocycles. The fraction of sp³-hybridized carbons (Fsp3) is 0.600. The molecule has 5 nitrogen and oxygen atoms in total. The first-order chi connectivity index (χ1) is 13.4. The summed E-state index contributed by atoms with van der Waals surface area (Å²) in [5, 5.41) is 8.59. The van der Waals surface area contributed by atoms with Crippen LogP contribution in [0.2, 0.25) is 0 Å². The van der Waals surface area contributed by atoms with Crippen molar-refractivity contribution < 1.29 is 18.0 Å². The van der Waals surface area contributed by atoms with Crippen molar-refractivity contribution in [1.29, 1.82) is 0 Å². The Morgan fingerprint density at radius 3 is 2.55 bits per heavy atom. The second-order valence-corrected chi connectivity index (χ2v) is 7.01. The standard InChI is InChI=1S/C20H29F3N4O.HI/c1-2-24-19(25-12-11-20(21,22)23)26-14-15-7-6-10-17(13-15)27-18(28)16-8-4-3-5-9-16;/h6-7,10,13,16H,2-5,8-9,11-12,14H2,1H3,(H,27,28)(H2,24,25,26);1H. The monoisotopic (exact) mass is 526 g/mol. The van der Waals surface area contributed by atoms with Crippen molar-refractivity contribution >= 4 is 41.5 Å². The second-order valence-electron chi connectivity index (χ2n) is 7.01. The molecule has 1 amide bonds. The lowest BCUT2D eigenvalue weighted by Gasteiger charge is -2.20. The van der Waals surface area contributed by atoms with E-state index in [9.17, 15) is 18.0 Å². The number of anilines is 1. The zero-order valence-electron chi connectivity index (χ0n) is 16.6. The number of hydrogen-bond acceptors (Lipinski definition) is 2. The van der Waals surface area contributed by atoms with Gasteiger partial charge in [-0.2, -0.15) is 13.2 Å². The quantitative estimate of drug-likeness (QED) is 0.271. The normalized spacial score (nSPS) is 15.4. The van der Waals surface area contributed by atoms with Crippen LogP contribution in [0.4, 0.5) is 18.9 Å². The van der Waals surface area contributed by atoms with Gasteiger partial charge in [-0.25, -0.2) is 4.99 Å². The minimum absolute atomic E-state index is 0. The highest BCUT2D eigenvalue weighted by Crippen LogP contribution is 2.25. The lowest BCUT2D eigenvalue weighted by Crippen LogP contribution is -2.38. The number of alkyl halides is 3. The lowest BCUT2D eigenvalue weighted by atomic mass is 9.88. The van der Waals surface area contributed by atoms with Crippen molar-refractivity contribution in [2.75, 3.05) is 18.4 Å². The fourth-order valence-electron chi connectivity index (χ4n) is 3.19. The Hall–Kier alpha value is -1.52. The summed E-state index contributed by atoms with van der Waals surface area (Å²) in [5.74, 6) is 0.472. The van der Waals surface area contributed by atoms with Gasteiger partial charge in [0.1, 0.15) is 0 Å². The number of carbonyl (C=O) groups excluding carboxylic acids is 1. The minimum Gasteiger partial charge on any atom is -0.357 e. The third kappa shape index (κ3) is 10.2. The predicted molar refractivity (Wildman–Crippen MR) is 121 cm³/mol. The highest BCUT2D eigenvalue weighted by atomic mass is 127. The number of benzene rings is 1. The molecule has 0 unspecified atom stereocenters. The van der Waals surface area contributed by atoms with E-state index in [0.29, 0.717) is 19.0 Å². The Morgan fingerprint density at radius 1 is 1.17 bits per heavy atom. The van der Waals surface area contributed by atoms with Crippen LogP contribution in [-0.2, 0) is 11.3 Å². The van der Waals surface area contributed by atoms with E-state index in [1.165, 1.54) is 6.42 Å². The largest absolute Gasteiger partial charge is 0.390 e. The van der Waals surface area contributed by atoms with E-state index in [-0.39, 0.29) is 42.3 Å². The van der Waals surface area contributed by atoms with E-state index < -0.39 is 12.6 Å². The number of rotatable bonds is 7. The molecule has 9 heteroatoms. The SMILES string of the molecule is CCNC(=NCc1cccc(NC(=O)C2CCCCC2)c1)NCCC(F)(F)F.I. The molecule has 0 spiro atoms. The Bertz CT molecular complexity index is 661. The molecule has 3 N–H and O–H groups in total. The maximum atomic E-state index is 12.4. The molecule has 0 bridgehead atoms. The predicted octanol–water partition coefficient (Wildman–Crippen LogP) is 4.83. The van der Waals surface area contributed by atoms with Gasteiger partial charge in [-0.15, -0.1) is 24.0 Å². The molecule has 29 heavy (non-hydrogen) atoms. The highest BCUT2D eigenvalue weighted by Gasteiger charge is 2.26. The molecule has 0 radical (unpaired) electrons. The average Bonchev–Trinajstić information content (AvgIpc) is 2.66. The molecule has 2 rings (SSSR count). The molecule has 164 valence electrons. The van der Waals surface area contributed by atoms with Gasteiger partial charge < -0.3 is 16.0 Å². The number of amides is 1.